The number of nitrogens with zero attached hydrogens (tertiary/aromatic N) is 2. The molecule has 4 heteroatoms. The van der Waals surface area contributed by atoms with Gasteiger partial charge in [-0.15, -0.1) is 6.58 Å². The van der Waals surface area contributed by atoms with Gasteiger partial charge in [0.2, 0.25) is 0 Å². The summed E-state index contributed by atoms with van der Waals surface area (Å²) in [7, 11) is 1.64. The topological polar surface area (TPSA) is 36.2 Å². The van der Waals surface area contributed by atoms with E-state index in [2.05, 4.69) is 6.58 Å². The van der Waals surface area contributed by atoms with E-state index in [1.54, 1.807) is 17.8 Å². The van der Waals surface area contributed by atoms with Crippen LogP contribution in [0.1, 0.15) is 5.56 Å². The molecule has 4 nitrogen and oxygen atoms in total. The monoisotopic (exact) mass is 282 g/mol. The Kier molecular flexibility index (Phi) is 3.39. The van der Waals surface area contributed by atoms with Crippen molar-refractivity contribution in [3.63, 3.8) is 0 Å². The molecule has 0 saturated carbocycles. The van der Waals surface area contributed by atoms with Gasteiger partial charge in [-0.1, -0.05) is 24.3 Å². The van der Waals surface area contributed by atoms with Crippen LogP contribution < -0.4 is 5.56 Å². The van der Waals surface area contributed by atoms with Crippen molar-refractivity contribution in [2.24, 2.45) is 0 Å². The fraction of sp³-hybridized carbons (Fsp3) is 0.235. The van der Waals surface area contributed by atoms with E-state index < -0.39 is 0 Å². The van der Waals surface area contributed by atoms with Crippen LogP contribution in [0.4, 0.5) is 0 Å². The van der Waals surface area contributed by atoms with Crippen LogP contribution in [-0.4, -0.2) is 16.2 Å². The van der Waals surface area contributed by atoms with Crippen molar-refractivity contribution < 1.29 is 4.74 Å². The summed E-state index contributed by atoms with van der Waals surface area (Å²) in [6, 6.07) is 8.04. The fourth-order valence-electron chi connectivity index (χ4n) is 2.96. The van der Waals surface area contributed by atoms with Gasteiger partial charge in [-0.2, -0.15) is 0 Å². The third-order valence-electron chi connectivity index (χ3n) is 3.76. The van der Waals surface area contributed by atoms with Crippen LogP contribution in [0.5, 0.6) is 0 Å². The molecule has 0 saturated heterocycles. The zero-order valence-corrected chi connectivity index (χ0v) is 12.3. The molecule has 1 aromatic carbocycles. The SMILES string of the molecule is C=CCn1cc(C)c2c3ccccc3n(COC)c2c1=O. The zero-order chi connectivity index (χ0) is 15.0. The van der Waals surface area contributed by atoms with Crippen LogP contribution in [0, 0.1) is 6.92 Å². The van der Waals surface area contributed by atoms with Gasteiger partial charge in [-0.25, -0.2) is 0 Å². The highest BCUT2D eigenvalue weighted by Crippen LogP contribution is 2.29. The predicted octanol–water partition coefficient (Wildman–Crippen LogP) is 3.05. The lowest BCUT2D eigenvalue weighted by Crippen LogP contribution is -2.22. The molecule has 0 radical (unpaired) electrons. The molecule has 21 heavy (non-hydrogen) atoms. The molecule has 0 N–H and O–H groups in total. The van der Waals surface area contributed by atoms with Gasteiger partial charge in [0.1, 0.15) is 12.2 Å². The first-order valence-electron chi connectivity index (χ1n) is 6.90. The largest absolute Gasteiger partial charge is 0.364 e. The first kappa shape index (κ1) is 13.6. The molecular formula is C17H18N2O2. The highest BCUT2D eigenvalue weighted by atomic mass is 16.5. The third-order valence-corrected chi connectivity index (χ3v) is 3.76. The quantitative estimate of drug-likeness (QED) is 0.690. The molecule has 0 unspecified atom stereocenters. The molecule has 0 spiro atoms. The van der Waals surface area contributed by atoms with Gasteiger partial charge >= 0.3 is 0 Å². The Labute approximate surface area is 122 Å². The van der Waals surface area contributed by atoms with Crippen molar-refractivity contribution in [3.05, 3.63) is 59.0 Å². The first-order valence-corrected chi connectivity index (χ1v) is 6.90. The Morgan fingerprint density at radius 1 is 1.33 bits per heavy atom. The number of ether oxygens (including phenoxy) is 1. The van der Waals surface area contributed by atoms with E-state index in [4.69, 9.17) is 4.74 Å². The Bertz CT molecular complexity index is 887. The second-order valence-electron chi connectivity index (χ2n) is 5.14. The van der Waals surface area contributed by atoms with Crippen molar-refractivity contribution in [1.29, 1.82) is 0 Å². The normalized spacial score (nSPS) is 11.3. The molecule has 0 aliphatic carbocycles. The summed E-state index contributed by atoms with van der Waals surface area (Å²) in [5.41, 5.74) is 2.78. The summed E-state index contributed by atoms with van der Waals surface area (Å²) in [6.07, 6.45) is 3.63. The molecule has 0 amide bonds. The summed E-state index contributed by atoms with van der Waals surface area (Å²) in [5.74, 6) is 0. The number of hydrogen-bond acceptors (Lipinski definition) is 2. The lowest BCUT2D eigenvalue weighted by molar-refractivity contribution is 0.138. The smallest absolute Gasteiger partial charge is 0.275 e. The molecule has 108 valence electrons. The maximum atomic E-state index is 12.8. The summed E-state index contributed by atoms with van der Waals surface area (Å²) in [5, 5.41) is 2.10. The van der Waals surface area contributed by atoms with Gasteiger partial charge in [0.05, 0.1) is 5.52 Å². The fourth-order valence-corrected chi connectivity index (χ4v) is 2.96. The Morgan fingerprint density at radius 3 is 2.81 bits per heavy atom. The summed E-state index contributed by atoms with van der Waals surface area (Å²) >= 11 is 0. The minimum atomic E-state index is -0.0104. The van der Waals surface area contributed by atoms with E-state index in [1.165, 1.54) is 0 Å². The van der Waals surface area contributed by atoms with Gasteiger partial charge in [0.25, 0.3) is 5.56 Å². The molecule has 0 bridgehead atoms. The van der Waals surface area contributed by atoms with E-state index in [-0.39, 0.29) is 5.56 Å². The molecule has 0 aliphatic heterocycles. The van der Waals surface area contributed by atoms with E-state index >= 15 is 0 Å². The van der Waals surface area contributed by atoms with Crippen LogP contribution >= 0.6 is 0 Å². The zero-order valence-electron chi connectivity index (χ0n) is 12.3. The number of allylic oxidation sites excluding steroid dienone is 1. The second kappa shape index (κ2) is 5.22. The molecule has 0 aliphatic rings. The van der Waals surface area contributed by atoms with Gasteiger partial charge in [-0.3, -0.25) is 4.79 Å². The van der Waals surface area contributed by atoms with Gasteiger partial charge in [0.15, 0.2) is 0 Å². The Balaban J connectivity index is 2.54. The number of aryl methyl sites for hydroxylation is 1. The number of benzene rings is 1. The standard InChI is InChI=1S/C17H18N2O2/c1-4-9-18-10-12(2)15-13-7-5-6-8-14(13)19(11-21-3)16(15)17(18)20/h4-8,10H,1,9,11H2,2-3H3. The molecule has 3 aromatic rings. The van der Waals surface area contributed by atoms with E-state index in [0.29, 0.717) is 18.8 Å². The number of aromatic nitrogens is 2. The third kappa shape index (κ3) is 1.99. The van der Waals surface area contributed by atoms with Gasteiger partial charge in [-0.05, 0) is 18.6 Å². The van der Waals surface area contributed by atoms with Gasteiger partial charge < -0.3 is 13.9 Å². The minimum Gasteiger partial charge on any atom is -0.364 e. The summed E-state index contributed by atoms with van der Waals surface area (Å²) < 4.78 is 8.93. The summed E-state index contributed by atoms with van der Waals surface area (Å²) in [4.78, 5) is 12.8. The lowest BCUT2D eigenvalue weighted by Gasteiger charge is -2.08. The van der Waals surface area contributed by atoms with Crippen molar-refractivity contribution in [1.82, 2.24) is 9.13 Å². The highest BCUT2D eigenvalue weighted by molar-refractivity contribution is 6.09. The average molecular weight is 282 g/mol. The van der Waals surface area contributed by atoms with Crippen LogP contribution in [0.2, 0.25) is 0 Å². The van der Waals surface area contributed by atoms with Crippen LogP contribution in [0.3, 0.4) is 0 Å². The molecule has 2 aromatic heterocycles. The first-order chi connectivity index (χ1) is 10.2. The number of para-hydroxylation sites is 1. The predicted molar refractivity (Wildman–Crippen MR) is 85.6 cm³/mol. The summed E-state index contributed by atoms with van der Waals surface area (Å²) in [6.45, 7) is 6.61. The van der Waals surface area contributed by atoms with Crippen molar-refractivity contribution in [2.75, 3.05) is 7.11 Å². The highest BCUT2D eigenvalue weighted by Gasteiger charge is 2.16. The number of fused-ring (bicyclic) bond motifs is 3. The maximum absolute atomic E-state index is 12.8. The maximum Gasteiger partial charge on any atom is 0.275 e. The number of hydrogen-bond donors (Lipinski definition) is 0. The van der Waals surface area contributed by atoms with E-state index in [9.17, 15) is 4.79 Å². The number of rotatable bonds is 4. The number of methoxy groups -OCH3 is 1. The van der Waals surface area contributed by atoms with Crippen molar-refractivity contribution in [3.8, 4) is 0 Å². The van der Waals surface area contributed by atoms with Crippen molar-refractivity contribution >= 4 is 21.8 Å². The average Bonchev–Trinajstić information content (AvgIpc) is 2.81. The van der Waals surface area contributed by atoms with Crippen molar-refractivity contribution in [2.45, 2.75) is 20.2 Å². The van der Waals surface area contributed by atoms with Gasteiger partial charge in [0, 0.05) is 30.6 Å². The van der Waals surface area contributed by atoms with Crippen LogP contribution in [0.15, 0.2) is 47.9 Å². The number of pyridine rings is 1. The van der Waals surface area contributed by atoms with E-state index in [0.717, 1.165) is 21.9 Å². The molecule has 2 heterocycles. The second-order valence-corrected chi connectivity index (χ2v) is 5.14. The minimum absolute atomic E-state index is 0.0104. The van der Waals surface area contributed by atoms with Crippen LogP contribution in [0.25, 0.3) is 21.8 Å². The van der Waals surface area contributed by atoms with E-state index in [1.807, 2.05) is 42.0 Å². The lowest BCUT2D eigenvalue weighted by atomic mass is 10.1. The Hall–Kier alpha value is -2.33. The van der Waals surface area contributed by atoms with Crippen LogP contribution in [-0.2, 0) is 18.0 Å². The molecule has 0 fully saturated rings. The Morgan fingerprint density at radius 2 is 2.10 bits per heavy atom. The molecule has 0 atom stereocenters. The molecular weight excluding hydrogens is 264 g/mol. The molecule has 3 rings (SSSR count).